The summed E-state index contributed by atoms with van der Waals surface area (Å²) in [7, 11) is -3.68. The molecule has 0 saturated carbocycles. The largest absolute Gasteiger partial charge is 0.758 e. The molecule has 0 amide bonds. The lowest BCUT2D eigenvalue weighted by Gasteiger charge is -2.39. The number of benzene rings is 1. The Labute approximate surface area is 239 Å². The summed E-state index contributed by atoms with van der Waals surface area (Å²) in [6, 6.07) is 6.51. The van der Waals surface area contributed by atoms with Crippen molar-refractivity contribution in [1.29, 1.82) is 0 Å². The number of sulfone groups is 1. The van der Waals surface area contributed by atoms with Gasteiger partial charge >= 0.3 is 0 Å². The number of carbonyl (C=O) groups excluding carboxylic acids is 1. The van der Waals surface area contributed by atoms with Crippen molar-refractivity contribution in [3.05, 3.63) is 29.8 Å². The zero-order valence-corrected chi connectivity index (χ0v) is 26.8. The van der Waals surface area contributed by atoms with Gasteiger partial charge in [0.15, 0.2) is 5.12 Å². The molecule has 210 valence electrons. The van der Waals surface area contributed by atoms with Gasteiger partial charge in [-0.3, -0.25) is 9.78 Å². The summed E-state index contributed by atoms with van der Waals surface area (Å²) in [4.78, 5) is 15.2. The van der Waals surface area contributed by atoms with Crippen molar-refractivity contribution >= 4 is 50.7 Å². The molecular weight excluding hydrogens is 541 g/mol. The van der Waals surface area contributed by atoms with E-state index in [1.165, 1.54) is 101 Å². The molecule has 2 rings (SSSR count). The van der Waals surface area contributed by atoms with Gasteiger partial charge in [0, 0.05) is 6.92 Å². The van der Waals surface area contributed by atoms with Crippen LogP contribution in [-0.4, -0.2) is 49.2 Å². The van der Waals surface area contributed by atoms with Gasteiger partial charge in [-0.05, 0) is 56.5 Å². The van der Waals surface area contributed by atoms with Crippen molar-refractivity contribution < 1.29 is 17.7 Å². The Hall–Kier alpha value is -1.00. The van der Waals surface area contributed by atoms with Gasteiger partial charge < -0.3 is 17.1 Å². The Kier molecular flexibility index (Phi) is 16.2. The predicted molar refractivity (Wildman–Crippen MR) is 160 cm³/mol. The highest BCUT2D eigenvalue weighted by Crippen LogP contribution is 2.34. The number of unbranched alkanes of at least 4 members (excludes halogenated alkanes) is 4. The molecule has 0 fully saturated rings. The second-order valence-corrected chi connectivity index (χ2v) is 14.6. The molecule has 1 aromatic heterocycles. The first kappa shape index (κ1) is 34.0. The summed E-state index contributed by atoms with van der Waals surface area (Å²) in [5.74, 6) is 0. The van der Waals surface area contributed by atoms with Crippen LogP contribution in [0.3, 0.4) is 0 Å². The second kappa shape index (κ2) is 17.6. The quantitative estimate of drug-likeness (QED) is 0.120. The lowest BCUT2D eigenvalue weighted by molar-refractivity contribution is -0.929. The number of hydrogen-bond donors (Lipinski definition) is 0. The Balaban J connectivity index is 0.000000377. The predicted octanol–water partition coefficient (Wildman–Crippen LogP) is 7.83. The molecule has 0 aliphatic carbocycles. The smallest absolute Gasteiger partial charge is 0.233 e. The lowest BCUT2D eigenvalue weighted by atomic mass is 10.1. The zero-order valence-electron chi connectivity index (χ0n) is 23.5. The molecule has 0 aliphatic rings. The van der Waals surface area contributed by atoms with Gasteiger partial charge in [0.25, 0.3) is 0 Å². The van der Waals surface area contributed by atoms with Crippen molar-refractivity contribution in [2.45, 2.75) is 111 Å². The van der Waals surface area contributed by atoms with E-state index < -0.39 is 9.84 Å². The number of rotatable bonds is 15. The van der Waals surface area contributed by atoms with Crippen LogP contribution in [0, 0.1) is 6.92 Å². The molecule has 0 radical (unpaired) electrons. The van der Waals surface area contributed by atoms with Gasteiger partial charge in [-0.25, -0.2) is 8.42 Å². The van der Waals surface area contributed by atoms with E-state index in [1.54, 1.807) is 12.1 Å². The van der Waals surface area contributed by atoms with Crippen LogP contribution in [0.15, 0.2) is 42.7 Å². The maximum atomic E-state index is 12.4. The van der Waals surface area contributed by atoms with Gasteiger partial charge in [-0.1, -0.05) is 87.4 Å². The highest BCUT2D eigenvalue weighted by Gasteiger charge is 2.25. The third kappa shape index (κ3) is 11.7. The van der Waals surface area contributed by atoms with Gasteiger partial charge in [0.05, 0.1) is 35.3 Å². The molecular formula is C28H46N2O3S4. The van der Waals surface area contributed by atoms with Crippen LogP contribution in [0.1, 0.15) is 91.5 Å². The average Bonchev–Trinajstić information content (AvgIpc) is 3.24. The maximum Gasteiger partial charge on any atom is 0.233 e. The fraction of sp³-hybridized carbons (Fsp3) is 0.643. The standard InChI is InChI=1S/C16H36N.C12H11NO3S4/c1-5-9-13-17(14-10-6-2,15-11-7-3)16-12-8-4;1-7-3-5-9(6-4-7)20(15,16)12-13-10(17)11(19-12)18-8(2)14/h5-16H2,1-4H3;3-6,17H,1-2H3/q+1;/p-1. The molecule has 0 spiro atoms. The Morgan fingerprint density at radius 1 is 0.892 bits per heavy atom. The summed E-state index contributed by atoms with van der Waals surface area (Å²) < 4.78 is 26.6. The van der Waals surface area contributed by atoms with Crippen LogP contribution >= 0.6 is 23.1 Å². The monoisotopic (exact) mass is 586 g/mol. The molecule has 0 aliphatic heterocycles. The van der Waals surface area contributed by atoms with Crippen molar-refractivity contribution in [3.63, 3.8) is 0 Å². The minimum atomic E-state index is -3.68. The van der Waals surface area contributed by atoms with E-state index in [2.05, 4.69) is 32.7 Å². The van der Waals surface area contributed by atoms with E-state index in [9.17, 15) is 13.2 Å². The number of nitrogens with zero attached hydrogens (tertiary/aromatic N) is 2. The molecule has 1 aromatic carbocycles. The molecule has 5 nitrogen and oxygen atoms in total. The van der Waals surface area contributed by atoms with E-state index in [1.807, 2.05) is 6.92 Å². The number of hydrogen-bond acceptors (Lipinski definition) is 7. The minimum absolute atomic E-state index is 0.0740. The number of thiazole rings is 1. The topological polar surface area (TPSA) is 64.1 Å². The highest BCUT2D eigenvalue weighted by molar-refractivity contribution is 8.15. The fourth-order valence-corrected chi connectivity index (χ4v) is 8.13. The van der Waals surface area contributed by atoms with Gasteiger partial charge in [0.2, 0.25) is 14.2 Å². The van der Waals surface area contributed by atoms with Crippen LogP contribution in [-0.2, 0) is 27.3 Å². The van der Waals surface area contributed by atoms with Crippen LogP contribution < -0.4 is 0 Å². The van der Waals surface area contributed by atoms with Crippen LogP contribution in [0.4, 0.5) is 0 Å². The Morgan fingerprint density at radius 3 is 1.70 bits per heavy atom. The first-order chi connectivity index (χ1) is 17.5. The number of quaternary nitrogens is 1. The first-order valence-corrected chi connectivity index (χ1v) is 17.1. The Bertz CT molecular complexity index is 997. The third-order valence-corrected chi connectivity index (χ3v) is 11.0. The number of aryl methyl sites for hydroxylation is 1. The van der Waals surface area contributed by atoms with Crippen LogP contribution in [0.25, 0.3) is 0 Å². The number of aromatic nitrogens is 1. The van der Waals surface area contributed by atoms with E-state index in [4.69, 9.17) is 12.6 Å². The molecule has 0 unspecified atom stereocenters. The first-order valence-electron chi connectivity index (χ1n) is 13.6. The van der Waals surface area contributed by atoms with E-state index >= 15 is 0 Å². The fourth-order valence-electron chi connectivity index (χ4n) is 4.05. The third-order valence-electron chi connectivity index (χ3n) is 6.29. The highest BCUT2D eigenvalue weighted by atomic mass is 32.2. The number of thioether (sulfide) groups is 1. The van der Waals surface area contributed by atoms with Gasteiger partial charge in [0.1, 0.15) is 0 Å². The normalized spacial score (nSPS) is 11.7. The summed E-state index contributed by atoms with van der Waals surface area (Å²) in [6.45, 7) is 18.3. The lowest BCUT2D eigenvalue weighted by Crippen LogP contribution is -2.50. The molecule has 0 saturated heterocycles. The van der Waals surface area contributed by atoms with Crippen molar-refractivity contribution in [3.8, 4) is 0 Å². The molecule has 0 atom stereocenters. The van der Waals surface area contributed by atoms with E-state index in [0.29, 0.717) is 4.21 Å². The van der Waals surface area contributed by atoms with E-state index in [0.717, 1.165) is 28.7 Å². The summed E-state index contributed by atoms with van der Waals surface area (Å²) in [6.07, 6.45) is 11.1. The summed E-state index contributed by atoms with van der Waals surface area (Å²) in [5, 5.41) is -0.0000736. The van der Waals surface area contributed by atoms with Crippen molar-refractivity contribution in [2.24, 2.45) is 0 Å². The average molecular weight is 587 g/mol. The van der Waals surface area contributed by atoms with Crippen molar-refractivity contribution in [2.75, 3.05) is 26.2 Å². The second-order valence-electron chi connectivity index (χ2n) is 9.63. The summed E-state index contributed by atoms with van der Waals surface area (Å²) in [5.41, 5.74) is 0.972. The van der Waals surface area contributed by atoms with Gasteiger partial charge in [-0.15, -0.1) is 0 Å². The van der Waals surface area contributed by atoms with Crippen LogP contribution in [0.2, 0.25) is 0 Å². The zero-order chi connectivity index (χ0) is 27.9. The maximum absolute atomic E-state index is 12.4. The number of carbonyl (C=O) groups is 1. The summed E-state index contributed by atoms with van der Waals surface area (Å²) >= 11 is 6.83. The molecule has 9 heteroatoms. The molecule has 2 aromatic rings. The SMILES string of the molecule is CC(=O)Sc1sc(S(=O)(=O)c2ccc(C)cc2)nc1[S-].CCCC[N+](CCCC)(CCCC)CCCC. The molecule has 0 bridgehead atoms. The molecule has 37 heavy (non-hydrogen) atoms. The minimum Gasteiger partial charge on any atom is -0.758 e. The molecule has 0 N–H and O–H groups in total. The van der Waals surface area contributed by atoms with E-state index in [-0.39, 0.29) is 19.4 Å². The Morgan fingerprint density at radius 2 is 1.32 bits per heavy atom. The van der Waals surface area contributed by atoms with Crippen LogP contribution in [0.5, 0.6) is 0 Å². The van der Waals surface area contributed by atoms with Crippen molar-refractivity contribution in [1.82, 2.24) is 4.98 Å². The van der Waals surface area contributed by atoms with Gasteiger partial charge in [-0.2, -0.15) is 0 Å². The molecule has 1 heterocycles.